The van der Waals surface area contributed by atoms with Crippen molar-refractivity contribution in [3.63, 3.8) is 0 Å². The highest BCUT2D eigenvalue weighted by Gasteiger charge is 2.22. The highest BCUT2D eigenvalue weighted by Crippen LogP contribution is 2.16. The maximum absolute atomic E-state index is 9.23. The van der Waals surface area contributed by atoms with Gasteiger partial charge in [0.15, 0.2) is 0 Å². The van der Waals surface area contributed by atoms with Crippen molar-refractivity contribution in [3.05, 3.63) is 35.9 Å². The predicted molar refractivity (Wildman–Crippen MR) is 77.3 cm³/mol. The molecule has 0 amide bonds. The first-order valence-corrected chi connectivity index (χ1v) is 7.36. The monoisotopic (exact) mass is 263 g/mol. The van der Waals surface area contributed by atoms with Crippen LogP contribution in [0.4, 0.5) is 0 Å². The summed E-state index contributed by atoms with van der Waals surface area (Å²) in [6.07, 6.45) is 4.42. The average Bonchev–Trinajstić information content (AvgIpc) is 2.91. The maximum atomic E-state index is 9.23. The van der Waals surface area contributed by atoms with E-state index in [0.717, 1.165) is 45.6 Å². The van der Waals surface area contributed by atoms with Crippen molar-refractivity contribution >= 4 is 0 Å². The van der Waals surface area contributed by atoms with Gasteiger partial charge in [-0.2, -0.15) is 0 Å². The molecule has 0 radical (unpaired) electrons. The fraction of sp³-hybridized carbons (Fsp3) is 0.625. The number of hydrogen-bond donors (Lipinski definition) is 1. The Morgan fingerprint density at radius 3 is 2.84 bits per heavy atom. The summed E-state index contributed by atoms with van der Waals surface area (Å²) in [5, 5.41) is 9.23. The topological polar surface area (TPSA) is 32.7 Å². The van der Waals surface area contributed by atoms with Crippen molar-refractivity contribution in [1.29, 1.82) is 0 Å². The zero-order valence-electron chi connectivity index (χ0n) is 11.6. The lowest BCUT2D eigenvalue weighted by molar-refractivity contribution is 0.110. The molecule has 1 aliphatic rings. The third kappa shape index (κ3) is 4.94. The molecule has 0 spiro atoms. The van der Waals surface area contributed by atoms with E-state index < -0.39 is 0 Å². The van der Waals surface area contributed by atoms with Crippen molar-refractivity contribution in [3.8, 4) is 0 Å². The lowest BCUT2D eigenvalue weighted by atomic mass is 10.2. The van der Waals surface area contributed by atoms with Gasteiger partial charge in [-0.15, -0.1) is 0 Å². The van der Waals surface area contributed by atoms with Crippen LogP contribution in [-0.2, 0) is 11.2 Å². The van der Waals surface area contributed by atoms with Crippen LogP contribution in [0.2, 0.25) is 0 Å². The molecule has 1 fully saturated rings. The molecule has 0 unspecified atom stereocenters. The van der Waals surface area contributed by atoms with E-state index in [1.807, 2.05) is 6.07 Å². The van der Waals surface area contributed by atoms with Crippen LogP contribution in [-0.4, -0.2) is 49.0 Å². The summed E-state index contributed by atoms with van der Waals surface area (Å²) in [5.74, 6) is 0. The number of likely N-dealkylation sites (tertiary alicyclic amines) is 1. The molecule has 1 saturated heterocycles. The molecule has 0 bridgehead atoms. The highest BCUT2D eigenvalue weighted by atomic mass is 16.5. The van der Waals surface area contributed by atoms with Crippen molar-refractivity contribution in [2.45, 2.75) is 31.7 Å². The van der Waals surface area contributed by atoms with Crippen LogP contribution < -0.4 is 0 Å². The SMILES string of the molecule is OC[C@H]1CCCN1CCCOCCc1ccccc1. The Hall–Kier alpha value is -0.900. The zero-order chi connectivity index (χ0) is 13.3. The van der Waals surface area contributed by atoms with Crippen molar-refractivity contribution in [2.75, 3.05) is 32.9 Å². The molecule has 1 aliphatic heterocycles. The van der Waals surface area contributed by atoms with Gasteiger partial charge in [0, 0.05) is 19.2 Å². The smallest absolute Gasteiger partial charge is 0.0586 e. The fourth-order valence-electron chi connectivity index (χ4n) is 2.70. The quantitative estimate of drug-likeness (QED) is 0.729. The Morgan fingerprint density at radius 1 is 1.21 bits per heavy atom. The lowest BCUT2D eigenvalue weighted by Gasteiger charge is -2.22. The van der Waals surface area contributed by atoms with Gasteiger partial charge < -0.3 is 9.84 Å². The lowest BCUT2D eigenvalue weighted by Crippen LogP contribution is -2.33. The number of rotatable bonds is 8. The fourth-order valence-corrected chi connectivity index (χ4v) is 2.70. The largest absolute Gasteiger partial charge is 0.395 e. The number of aliphatic hydroxyl groups excluding tert-OH is 1. The van der Waals surface area contributed by atoms with Gasteiger partial charge in [0.25, 0.3) is 0 Å². The predicted octanol–water partition coefficient (Wildman–Crippen LogP) is 2.09. The molecule has 1 aromatic carbocycles. The summed E-state index contributed by atoms with van der Waals surface area (Å²) in [7, 11) is 0. The minimum Gasteiger partial charge on any atom is -0.395 e. The zero-order valence-corrected chi connectivity index (χ0v) is 11.6. The molecular formula is C16H25NO2. The first-order chi connectivity index (χ1) is 9.40. The van der Waals surface area contributed by atoms with Gasteiger partial charge in [0.05, 0.1) is 13.2 Å². The molecule has 0 aromatic heterocycles. The van der Waals surface area contributed by atoms with E-state index in [-0.39, 0.29) is 0 Å². The summed E-state index contributed by atoms with van der Waals surface area (Å²) in [4.78, 5) is 2.39. The third-order valence-electron chi connectivity index (χ3n) is 3.82. The van der Waals surface area contributed by atoms with E-state index >= 15 is 0 Å². The van der Waals surface area contributed by atoms with Crippen molar-refractivity contribution < 1.29 is 9.84 Å². The van der Waals surface area contributed by atoms with Gasteiger partial charge in [0.2, 0.25) is 0 Å². The Balaban J connectivity index is 1.50. The van der Waals surface area contributed by atoms with Crippen LogP contribution in [0.25, 0.3) is 0 Å². The Morgan fingerprint density at radius 2 is 2.05 bits per heavy atom. The first-order valence-electron chi connectivity index (χ1n) is 7.36. The second-order valence-electron chi connectivity index (χ2n) is 5.22. The molecule has 0 saturated carbocycles. The molecule has 1 heterocycles. The summed E-state index contributed by atoms with van der Waals surface area (Å²) < 4.78 is 5.68. The molecule has 3 nitrogen and oxygen atoms in total. The molecular weight excluding hydrogens is 238 g/mol. The first kappa shape index (κ1) is 14.5. The summed E-state index contributed by atoms with van der Waals surface area (Å²) in [6.45, 7) is 4.11. The average molecular weight is 263 g/mol. The maximum Gasteiger partial charge on any atom is 0.0586 e. The van der Waals surface area contributed by atoms with E-state index in [2.05, 4.69) is 29.2 Å². The molecule has 0 aliphatic carbocycles. The second kappa shape index (κ2) is 8.31. The Kier molecular flexibility index (Phi) is 6.34. The van der Waals surface area contributed by atoms with Gasteiger partial charge in [-0.05, 0) is 37.8 Å². The molecule has 2 rings (SSSR count). The Labute approximate surface area is 116 Å². The van der Waals surface area contributed by atoms with Crippen LogP contribution in [0.3, 0.4) is 0 Å². The number of benzene rings is 1. The van der Waals surface area contributed by atoms with E-state index in [1.165, 1.54) is 12.0 Å². The van der Waals surface area contributed by atoms with Crippen LogP contribution in [0.15, 0.2) is 30.3 Å². The third-order valence-corrected chi connectivity index (χ3v) is 3.82. The molecule has 1 atom stereocenters. The van der Waals surface area contributed by atoms with Gasteiger partial charge in [-0.1, -0.05) is 30.3 Å². The van der Waals surface area contributed by atoms with E-state index in [9.17, 15) is 5.11 Å². The summed E-state index contributed by atoms with van der Waals surface area (Å²) in [6, 6.07) is 10.8. The molecule has 3 heteroatoms. The molecule has 19 heavy (non-hydrogen) atoms. The van der Waals surface area contributed by atoms with Gasteiger partial charge in [-0.3, -0.25) is 4.90 Å². The summed E-state index contributed by atoms with van der Waals surface area (Å²) in [5.41, 5.74) is 1.34. The minimum atomic E-state index is 0.300. The molecule has 1 aromatic rings. The number of ether oxygens (including phenoxy) is 1. The van der Waals surface area contributed by atoms with Crippen LogP contribution >= 0.6 is 0 Å². The van der Waals surface area contributed by atoms with Crippen LogP contribution in [0.1, 0.15) is 24.8 Å². The van der Waals surface area contributed by atoms with Crippen LogP contribution in [0, 0.1) is 0 Å². The van der Waals surface area contributed by atoms with Gasteiger partial charge in [-0.25, -0.2) is 0 Å². The van der Waals surface area contributed by atoms with E-state index in [4.69, 9.17) is 4.74 Å². The van der Waals surface area contributed by atoms with Gasteiger partial charge >= 0.3 is 0 Å². The summed E-state index contributed by atoms with van der Waals surface area (Å²) >= 11 is 0. The van der Waals surface area contributed by atoms with E-state index in [0.29, 0.717) is 12.6 Å². The number of aliphatic hydroxyl groups is 1. The highest BCUT2D eigenvalue weighted by molar-refractivity contribution is 5.14. The van der Waals surface area contributed by atoms with Crippen molar-refractivity contribution in [2.24, 2.45) is 0 Å². The van der Waals surface area contributed by atoms with Crippen molar-refractivity contribution in [1.82, 2.24) is 4.90 Å². The standard InChI is InChI=1S/C16H25NO2/c18-14-16-8-4-10-17(16)11-5-12-19-13-9-15-6-2-1-3-7-15/h1-3,6-7,16,18H,4-5,8-14H2/t16-/m1/s1. The number of hydrogen-bond acceptors (Lipinski definition) is 3. The van der Waals surface area contributed by atoms with E-state index in [1.54, 1.807) is 0 Å². The molecule has 106 valence electrons. The van der Waals surface area contributed by atoms with Gasteiger partial charge in [0.1, 0.15) is 0 Å². The Bertz CT molecular complexity index is 342. The molecule has 1 N–H and O–H groups in total. The number of nitrogens with zero attached hydrogens (tertiary/aromatic N) is 1. The second-order valence-corrected chi connectivity index (χ2v) is 5.22. The van der Waals surface area contributed by atoms with Crippen LogP contribution in [0.5, 0.6) is 0 Å². The minimum absolute atomic E-state index is 0.300. The normalized spacial score (nSPS) is 19.9.